The molecule has 1 aliphatic rings. The Labute approximate surface area is 112 Å². The van der Waals surface area contributed by atoms with E-state index in [4.69, 9.17) is 12.2 Å². The molecule has 0 aromatic heterocycles. The Morgan fingerprint density at radius 3 is 2.68 bits per heavy atom. The van der Waals surface area contributed by atoms with E-state index in [1.807, 2.05) is 0 Å². The fraction of sp³-hybridized carbons (Fsp3) is 0.385. The second kappa shape index (κ2) is 5.19. The highest BCUT2D eigenvalue weighted by molar-refractivity contribution is 7.89. The Hall–Kier alpha value is -1.58. The van der Waals surface area contributed by atoms with Crippen molar-refractivity contribution in [1.29, 1.82) is 0 Å². The van der Waals surface area contributed by atoms with Gasteiger partial charge in [-0.3, -0.25) is 0 Å². The fourth-order valence-electron chi connectivity index (χ4n) is 1.86. The summed E-state index contributed by atoms with van der Waals surface area (Å²) in [5.41, 5.74) is 5.49. The average Bonchev–Trinajstić information content (AvgIpc) is 3.12. The number of anilines is 1. The Morgan fingerprint density at radius 1 is 1.47 bits per heavy atom. The van der Waals surface area contributed by atoms with E-state index in [1.54, 1.807) is 0 Å². The lowest BCUT2D eigenvalue weighted by atomic mass is 10.3. The fourth-order valence-corrected chi connectivity index (χ4v) is 3.45. The maximum absolute atomic E-state index is 13.8. The zero-order chi connectivity index (χ0) is 14.0. The lowest BCUT2D eigenvalue weighted by Gasteiger charge is -2.20. The number of rotatable bonds is 5. The maximum Gasteiger partial charge on any atom is 0.248 e. The van der Waals surface area contributed by atoms with Crippen molar-refractivity contribution in [3.05, 3.63) is 24.0 Å². The van der Waals surface area contributed by atoms with Crippen molar-refractivity contribution in [1.82, 2.24) is 4.31 Å². The molecular formula is C13H15FN2O2S. The van der Waals surface area contributed by atoms with Gasteiger partial charge in [0, 0.05) is 6.54 Å². The van der Waals surface area contributed by atoms with Crippen LogP contribution < -0.4 is 5.73 Å². The molecule has 1 saturated carbocycles. The van der Waals surface area contributed by atoms with Crippen LogP contribution in [0.25, 0.3) is 0 Å². The minimum atomic E-state index is -3.99. The van der Waals surface area contributed by atoms with Gasteiger partial charge < -0.3 is 5.73 Å². The summed E-state index contributed by atoms with van der Waals surface area (Å²) in [7, 11) is -3.99. The number of nitrogens with two attached hydrogens (primary N) is 1. The molecule has 0 aliphatic heterocycles. The van der Waals surface area contributed by atoms with Crippen LogP contribution in [0.3, 0.4) is 0 Å². The highest BCUT2D eigenvalue weighted by atomic mass is 32.2. The number of nitrogen functional groups attached to an aromatic ring is 1. The van der Waals surface area contributed by atoms with Gasteiger partial charge >= 0.3 is 0 Å². The molecule has 1 aliphatic carbocycles. The number of hydrogen-bond donors (Lipinski definition) is 1. The molecule has 0 heterocycles. The lowest BCUT2D eigenvalue weighted by molar-refractivity contribution is 0.426. The summed E-state index contributed by atoms with van der Waals surface area (Å²) in [6, 6.07) is 3.81. The monoisotopic (exact) mass is 282 g/mol. The number of nitrogens with zero attached hydrogens (tertiary/aromatic N) is 1. The van der Waals surface area contributed by atoms with Crippen LogP contribution in [0, 0.1) is 24.1 Å². The SMILES string of the molecule is C#CCN(CC1CC1)S(=O)(=O)c1c(N)cccc1F. The first-order valence-electron chi connectivity index (χ1n) is 5.94. The van der Waals surface area contributed by atoms with Gasteiger partial charge in [-0.2, -0.15) is 4.31 Å². The van der Waals surface area contributed by atoms with E-state index in [1.165, 1.54) is 12.1 Å². The Kier molecular flexibility index (Phi) is 3.78. The quantitative estimate of drug-likeness (QED) is 0.656. The van der Waals surface area contributed by atoms with E-state index in [0.29, 0.717) is 12.5 Å². The second-order valence-electron chi connectivity index (χ2n) is 4.60. The van der Waals surface area contributed by atoms with Gasteiger partial charge in [0.25, 0.3) is 0 Å². The molecule has 1 aromatic carbocycles. The van der Waals surface area contributed by atoms with Gasteiger partial charge in [0.2, 0.25) is 10.0 Å². The number of halogens is 1. The van der Waals surface area contributed by atoms with Gasteiger partial charge in [0.05, 0.1) is 12.2 Å². The van der Waals surface area contributed by atoms with Crippen molar-refractivity contribution in [3.8, 4) is 12.3 Å². The standard InChI is InChI=1S/C13H15FN2O2S/c1-2-8-16(9-10-6-7-10)19(17,18)13-11(14)4-3-5-12(13)15/h1,3-5,10H,6-9,15H2. The molecule has 0 spiro atoms. The minimum absolute atomic E-state index is 0.0768. The van der Waals surface area contributed by atoms with E-state index in [9.17, 15) is 12.8 Å². The molecule has 0 amide bonds. The van der Waals surface area contributed by atoms with Crippen LogP contribution in [0.2, 0.25) is 0 Å². The molecule has 0 saturated heterocycles. The summed E-state index contributed by atoms with van der Waals surface area (Å²) in [6.45, 7) is 0.243. The summed E-state index contributed by atoms with van der Waals surface area (Å²) in [4.78, 5) is -0.481. The van der Waals surface area contributed by atoms with Gasteiger partial charge in [-0.1, -0.05) is 12.0 Å². The van der Waals surface area contributed by atoms with E-state index in [0.717, 1.165) is 23.2 Å². The number of benzene rings is 1. The van der Waals surface area contributed by atoms with Gasteiger partial charge in [-0.25, -0.2) is 12.8 Å². The first-order chi connectivity index (χ1) is 8.96. The molecule has 102 valence electrons. The smallest absolute Gasteiger partial charge is 0.248 e. The predicted octanol–water partition coefficient (Wildman–Crippen LogP) is 1.44. The molecule has 6 heteroatoms. The molecule has 19 heavy (non-hydrogen) atoms. The molecule has 0 atom stereocenters. The molecule has 0 bridgehead atoms. The Balaban J connectivity index is 2.41. The van der Waals surface area contributed by atoms with E-state index >= 15 is 0 Å². The largest absolute Gasteiger partial charge is 0.398 e. The molecule has 0 radical (unpaired) electrons. The maximum atomic E-state index is 13.8. The Morgan fingerprint density at radius 2 is 2.16 bits per heavy atom. The summed E-state index contributed by atoms with van der Waals surface area (Å²) < 4.78 is 39.8. The van der Waals surface area contributed by atoms with E-state index < -0.39 is 20.7 Å². The van der Waals surface area contributed by atoms with Crippen molar-refractivity contribution < 1.29 is 12.8 Å². The molecule has 0 unspecified atom stereocenters. The van der Waals surface area contributed by atoms with Gasteiger partial charge in [-0.05, 0) is 30.9 Å². The van der Waals surface area contributed by atoms with Gasteiger partial charge in [0.15, 0.2) is 0 Å². The molecule has 1 aromatic rings. The topological polar surface area (TPSA) is 63.4 Å². The normalized spacial score (nSPS) is 15.4. The molecule has 2 N–H and O–H groups in total. The number of sulfonamides is 1. The van der Waals surface area contributed by atoms with Crippen LogP contribution >= 0.6 is 0 Å². The summed E-state index contributed by atoms with van der Waals surface area (Å²) in [5, 5.41) is 0. The van der Waals surface area contributed by atoms with Gasteiger partial charge in [0.1, 0.15) is 10.7 Å². The van der Waals surface area contributed by atoms with Crippen LogP contribution in [-0.4, -0.2) is 25.8 Å². The lowest BCUT2D eigenvalue weighted by Crippen LogP contribution is -2.34. The number of hydrogen-bond acceptors (Lipinski definition) is 3. The first-order valence-corrected chi connectivity index (χ1v) is 7.38. The highest BCUT2D eigenvalue weighted by Crippen LogP contribution is 2.33. The molecule has 2 rings (SSSR count). The predicted molar refractivity (Wildman–Crippen MR) is 71.1 cm³/mol. The van der Waals surface area contributed by atoms with Crippen molar-refractivity contribution in [2.45, 2.75) is 17.7 Å². The van der Waals surface area contributed by atoms with Crippen molar-refractivity contribution in [3.63, 3.8) is 0 Å². The number of terminal acetylenes is 1. The van der Waals surface area contributed by atoms with Crippen LogP contribution in [0.1, 0.15) is 12.8 Å². The summed E-state index contributed by atoms with van der Waals surface area (Å²) in [6.07, 6.45) is 7.15. The van der Waals surface area contributed by atoms with Crippen molar-refractivity contribution in [2.24, 2.45) is 5.92 Å². The zero-order valence-electron chi connectivity index (χ0n) is 10.3. The van der Waals surface area contributed by atoms with E-state index in [-0.39, 0.29) is 12.2 Å². The third-order valence-corrected chi connectivity index (χ3v) is 4.93. The highest BCUT2D eigenvalue weighted by Gasteiger charge is 2.33. The molecule has 4 nitrogen and oxygen atoms in total. The van der Waals surface area contributed by atoms with Crippen LogP contribution in [0.15, 0.2) is 23.1 Å². The third-order valence-electron chi connectivity index (χ3n) is 3.02. The summed E-state index contributed by atoms with van der Waals surface area (Å²) >= 11 is 0. The van der Waals surface area contributed by atoms with Crippen LogP contribution in [0.5, 0.6) is 0 Å². The first kappa shape index (κ1) is 13.8. The Bertz CT molecular complexity index is 598. The van der Waals surface area contributed by atoms with Crippen molar-refractivity contribution in [2.75, 3.05) is 18.8 Å². The summed E-state index contributed by atoms with van der Waals surface area (Å²) in [5.74, 6) is 1.77. The van der Waals surface area contributed by atoms with Crippen LogP contribution in [-0.2, 0) is 10.0 Å². The second-order valence-corrected chi connectivity index (χ2v) is 6.48. The van der Waals surface area contributed by atoms with Crippen molar-refractivity contribution >= 4 is 15.7 Å². The molecular weight excluding hydrogens is 267 g/mol. The van der Waals surface area contributed by atoms with Crippen LogP contribution in [0.4, 0.5) is 10.1 Å². The van der Waals surface area contributed by atoms with E-state index in [2.05, 4.69) is 5.92 Å². The zero-order valence-corrected chi connectivity index (χ0v) is 11.2. The minimum Gasteiger partial charge on any atom is -0.398 e. The average molecular weight is 282 g/mol. The molecule has 1 fully saturated rings. The third kappa shape index (κ3) is 2.88. The van der Waals surface area contributed by atoms with Gasteiger partial charge in [-0.15, -0.1) is 6.42 Å².